The lowest BCUT2D eigenvalue weighted by molar-refractivity contribution is 0.215. The molecule has 0 spiro atoms. The molecule has 39 heavy (non-hydrogen) atoms. The Morgan fingerprint density at radius 2 is 1.72 bits per heavy atom. The van der Waals surface area contributed by atoms with Gasteiger partial charge in [0.2, 0.25) is 5.95 Å². The van der Waals surface area contributed by atoms with Gasteiger partial charge >= 0.3 is 0 Å². The largest absolute Gasteiger partial charge is 0.489 e. The van der Waals surface area contributed by atoms with E-state index in [0.717, 1.165) is 22.0 Å². The molecule has 2 aromatic carbocycles. The normalized spacial score (nSPS) is 17.6. The quantitative estimate of drug-likeness (QED) is 0.237. The van der Waals surface area contributed by atoms with Crippen LogP contribution in [-0.2, 0) is 0 Å². The zero-order chi connectivity index (χ0) is 28.1. The molecule has 0 unspecified atom stereocenters. The number of ether oxygens (including phenoxy) is 1. The van der Waals surface area contributed by atoms with E-state index in [-0.39, 0.29) is 6.10 Å². The molecule has 1 aromatic heterocycles. The highest BCUT2D eigenvalue weighted by Crippen LogP contribution is 2.41. The van der Waals surface area contributed by atoms with Crippen LogP contribution in [0.4, 0.5) is 23.1 Å². The van der Waals surface area contributed by atoms with Crippen LogP contribution in [0.5, 0.6) is 5.75 Å². The minimum absolute atomic E-state index is 0.0453. The fourth-order valence-corrected chi connectivity index (χ4v) is 6.23. The summed E-state index contributed by atoms with van der Waals surface area (Å²) in [4.78, 5) is 12.7. The molecule has 1 heterocycles. The van der Waals surface area contributed by atoms with Crippen molar-refractivity contribution in [3.8, 4) is 5.75 Å². The molecule has 1 fully saturated rings. The monoisotopic (exact) mass is 567 g/mol. The standard InChI is InChI=1S/C31H42ClN5OS/c1-19(2)38-28-17-24(22-12-14-23(15-13-22)37(6)7)21(5)16-27(28)35-31-33-18-25(32)30(36-31)34-26-10-8-9-11-29(26)39-20(3)4/h8-11,16-20,22-23H,12-15H2,1-7H3,(H2,33,34,35,36). The first-order valence-electron chi connectivity index (χ1n) is 13.9. The number of rotatable bonds is 10. The van der Waals surface area contributed by atoms with Gasteiger partial charge in [0, 0.05) is 16.2 Å². The van der Waals surface area contributed by atoms with Gasteiger partial charge in [-0.25, -0.2) is 4.98 Å². The van der Waals surface area contributed by atoms with E-state index in [1.165, 1.54) is 36.8 Å². The Balaban J connectivity index is 1.59. The van der Waals surface area contributed by atoms with Gasteiger partial charge in [0.1, 0.15) is 10.8 Å². The van der Waals surface area contributed by atoms with Crippen LogP contribution >= 0.6 is 23.4 Å². The highest BCUT2D eigenvalue weighted by molar-refractivity contribution is 8.00. The van der Waals surface area contributed by atoms with E-state index in [1.807, 2.05) is 18.2 Å². The van der Waals surface area contributed by atoms with Crippen molar-refractivity contribution in [2.75, 3.05) is 24.7 Å². The third-order valence-electron chi connectivity index (χ3n) is 7.09. The lowest BCUT2D eigenvalue weighted by atomic mass is 9.80. The molecule has 4 rings (SSSR count). The molecule has 2 N–H and O–H groups in total. The number of hydrogen-bond donors (Lipinski definition) is 2. The van der Waals surface area contributed by atoms with Gasteiger partial charge in [-0.2, -0.15) is 4.98 Å². The van der Waals surface area contributed by atoms with Crippen LogP contribution in [-0.4, -0.2) is 46.4 Å². The molecule has 0 bridgehead atoms. The molecule has 1 aliphatic carbocycles. The third-order valence-corrected chi connectivity index (χ3v) is 8.45. The van der Waals surface area contributed by atoms with Crippen molar-refractivity contribution in [3.63, 3.8) is 0 Å². The highest BCUT2D eigenvalue weighted by Gasteiger charge is 2.26. The van der Waals surface area contributed by atoms with E-state index in [0.29, 0.717) is 34.0 Å². The van der Waals surface area contributed by atoms with Gasteiger partial charge in [0.15, 0.2) is 5.82 Å². The Kier molecular flexibility index (Phi) is 10.0. The number of nitrogens with zero attached hydrogens (tertiary/aromatic N) is 3. The lowest BCUT2D eigenvalue weighted by Gasteiger charge is -2.33. The SMILES string of the molecule is Cc1cc(Nc2ncc(Cl)c(Nc3ccccc3SC(C)C)n2)c(OC(C)C)cc1C1CCC(N(C)C)CC1. The fourth-order valence-electron chi connectivity index (χ4n) is 5.19. The summed E-state index contributed by atoms with van der Waals surface area (Å²) < 4.78 is 6.29. The van der Waals surface area contributed by atoms with Crippen LogP contribution in [0.1, 0.15) is 70.4 Å². The summed E-state index contributed by atoms with van der Waals surface area (Å²) in [6.45, 7) is 10.7. The van der Waals surface area contributed by atoms with E-state index >= 15 is 0 Å². The van der Waals surface area contributed by atoms with E-state index in [2.05, 4.69) is 87.4 Å². The van der Waals surface area contributed by atoms with Crippen molar-refractivity contribution in [2.45, 2.75) is 88.5 Å². The zero-order valence-corrected chi connectivity index (χ0v) is 25.8. The van der Waals surface area contributed by atoms with Crippen LogP contribution in [0.3, 0.4) is 0 Å². The Labute approximate surface area is 243 Å². The Morgan fingerprint density at radius 1 is 1.00 bits per heavy atom. The summed E-state index contributed by atoms with van der Waals surface area (Å²) >= 11 is 8.32. The van der Waals surface area contributed by atoms with Crippen molar-refractivity contribution < 1.29 is 4.74 Å². The van der Waals surface area contributed by atoms with E-state index in [9.17, 15) is 0 Å². The van der Waals surface area contributed by atoms with Gasteiger partial charge in [-0.15, -0.1) is 11.8 Å². The van der Waals surface area contributed by atoms with Gasteiger partial charge < -0.3 is 20.3 Å². The molecule has 1 saturated carbocycles. The highest BCUT2D eigenvalue weighted by atomic mass is 35.5. The number of aryl methyl sites for hydroxylation is 1. The first-order chi connectivity index (χ1) is 18.6. The number of benzene rings is 2. The smallest absolute Gasteiger partial charge is 0.229 e. The number of aromatic nitrogens is 2. The van der Waals surface area contributed by atoms with Gasteiger partial charge in [0.05, 0.1) is 23.7 Å². The number of nitrogens with one attached hydrogen (secondary N) is 2. The van der Waals surface area contributed by atoms with Crippen molar-refractivity contribution in [1.29, 1.82) is 0 Å². The topological polar surface area (TPSA) is 62.3 Å². The number of para-hydroxylation sites is 1. The van der Waals surface area contributed by atoms with E-state index in [4.69, 9.17) is 21.3 Å². The summed E-state index contributed by atoms with van der Waals surface area (Å²) in [5.74, 6) is 2.40. The molecular weight excluding hydrogens is 526 g/mol. The second kappa shape index (κ2) is 13.2. The maximum absolute atomic E-state index is 6.52. The maximum atomic E-state index is 6.52. The Hall–Kier alpha value is -2.48. The third kappa shape index (κ3) is 7.80. The van der Waals surface area contributed by atoms with Crippen molar-refractivity contribution in [2.24, 2.45) is 0 Å². The maximum Gasteiger partial charge on any atom is 0.229 e. The molecule has 210 valence electrons. The van der Waals surface area contributed by atoms with Crippen LogP contribution in [0.25, 0.3) is 0 Å². The number of hydrogen-bond acceptors (Lipinski definition) is 7. The molecule has 0 amide bonds. The second-order valence-electron chi connectivity index (χ2n) is 11.1. The molecule has 0 aliphatic heterocycles. The molecule has 8 heteroatoms. The predicted octanol–water partition coefficient (Wildman–Crippen LogP) is 8.80. The summed E-state index contributed by atoms with van der Waals surface area (Å²) in [5.41, 5.74) is 4.47. The van der Waals surface area contributed by atoms with Crippen molar-refractivity contribution >= 4 is 46.5 Å². The summed E-state index contributed by atoms with van der Waals surface area (Å²) in [7, 11) is 4.38. The number of halogens is 1. The molecule has 0 radical (unpaired) electrons. The first kappa shape index (κ1) is 29.5. The van der Waals surface area contributed by atoms with Crippen LogP contribution in [0.15, 0.2) is 47.5 Å². The van der Waals surface area contributed by atoms with E-state index in [1.54, 1.807) is 18.0 Å². The van der Waals surface area contributed by atoms with Crippen molar-refractivity contribution in [3.05, 3.63) is 58.7 Å². The summed E-state index contributed by atoms with van der Waals surface area (Å²) in [6, 6.07) is 13.3. The number of anilines is 4. The zero-order valence-electron chi connectivity index (χ0n) is 24.2. The van der Waals surface area contributed by atoms with Crippen LogP contribution in [0.2, 0.25) is 5.02 Å². The van der Waals surface area contributed by atoms with Gasteiger partial charge in [-0.05, 0) is 102 Å². The summed E-state index contributed by atoms with van der Waals surface area (Å²) in [5, 5.41) is 7.75. The minimum atomic E-state index is 0.0453. The average Bonchev–Trinajstić information content (AvgIpc) is 2.88. The second-order valence-corrected chi connectivity index (χ2v) is 13.2. The Morgan fingerprint density at radius 3 is 2.38 bits per heavy atom. The predicted molar refractivity (Wildman–Crippen MR) is 167 cm³/mol. The van der Waals surface area contributed by atoms with Gasteiger partial charge in [0.25, 0.3) is 0 Å². The fraction of sp³-hybridized carbons (Fsp3) is 0.484. The van der Waals surface area contributed by atoms with Crippen LogP contribution < -0.4 is 15.4 Å². The minimum Gasteiger partial charge on any atom is -0.489 e. The molecule has 0 saturated heterocycles. The average molecular weight is 568 g/mol. The van der Waals surface area contributed by atoms with Gasteiger partial charge in [-0.1, -0.05) is 37.6 Å². The van der Waals surface area contributed by atoms with E-state index < -0.39 is 0 Å². The van der Waals surface area contributed by atoms with Gasteiger partial charge in [-0.3, -0.25) is 0 Å². The number of thioether (sulfide) groups is 1. The van der Waals surface area contributed by atoms with Crippen LogP contribution in [0, 0.1) is 6.92 Å². The summed E-state index contributed by atoms with van der Waals surface area (Å²) in [6.07, 6.45) is 6.52. The molecule has 1 aliphatic rings. The lowest BCUT2D eigenvalue weighted by Crippen LogP contribution is -2.31. The molecule has 0 atom stereocenters. The van der Waals surface area contributed by atoms with Crippen molar-refractivity contribution in [1.82, 2.24) is 14.9 Å². The molecule has 3 aromatic rings. The Bertz CT molecular complexity index is 1260. The first-order valence-corrected chi connectivity index (χ1v) is 15.2. The molecule has 6 nitrogen and oxygen atoms in total. The molecular formula is C31H42ClN5OS.